The maximum absolute atomic E-state index is 12.2. The van der Waals surface area contributed by atoms with Gasteiger partial charge in [0.05, 0.1) is 16.6 Å². The number of rotatable bonds is 2. The summed E-state index contributed by atoms with van der Waals surface area (Å²) in [5.74, 6) is -1.47. The first kappa shape index (κ1) is 13.3. The van der Waals surface area contributed by atoms with E-state index in [-0.39, 0.29) is 16.8 Å². The van der Waals surface area contributed by atoms with E-state index < -0.39 is 17.8 Å². The van der Waals surface area contributed by atoms with Gasteiger partial charge in [-0.15, -0.1) is 0 Å². The molecule has 0 fully saturated rings. The number of hydrogen-bond acceptors (Lipinski definition) is 5. The molecule has 0 bridgehead atoms. The van der Waals surface area contributed by atoms with Crippen molar-refractivity contribution in [3.63, 3.8) is 0 Å². The summed E-state index contributed by atoms with van der Waals surface area (Å²) in [6.07, 6.45) is 0. The molecule has 2 amide bonds. The van der Waals surface area contributed by atoms with Crippen LogP contribution in [0.5, 0.6) is 0 Å². The van der Waals surface area contributed by atoms with Crippen molar-refractivity contribution in [1.29, 1.82) is 0 Å². The number of aromatic nitrogens is 1. The van der Waals surface area contributed by atoms with Gasteiger partial charge in [-0.3, -0.25) is 9.59 Å². The summed E-state index contributed by atoms with van der Waals surface area (Å²) in [6, 6.07) is 9.48. The molecule has 1 aliphatic rings. The van der Waals surface area contributed by atoms with Gasteiger partial charge in [-0.1, -0.05) is 17.2 Å². The number of carbonyl (C=O) groups is 3. The summed E-state index contributed by atoms with van der Waals surface area (Å²) < 4.78 is 5.38. The highest BCUT2D eigenvalue weighted by atomic mass is 16.7. The predicted molar refractivity (Wildman–Crippen MR) is 77.7 cm³/mol. The Bertz CT molecular complexity index is 915. The van der Waals surface area contributed by atoms with E-state index in [0.29, 0.717) is 21.9 Å². The first-order valence-corrected chi connectivity index (χ1v) is 6.84. The number of carbonyl (C=O) groups excluding carboxylic acids is 3. The van der Waals surface area contributed by atoms with Crippen LogP contribution in [0.3, 0.4) is 0 Å². The molecule has 0 spiro atoms. The SMILES string of the molecule is Cc1cc2[nH]c(C(=O)ON3C(=O)c4ccccc4C3=O)cc2o1. The maximum Gasteiger partial charge on any atom is 0.380 e. The topological polar surface area (TPSA) is 92.6 Å². The quantitative estimate of drug-likeness (QED) is 0.734. The lowest BCUT2D eigenvalue weighted by molar-refractivity contribution is -0.0587. The van der Waals surface area contributed by atoms with Crippen LogP contribution >= 0.6 is 0 Å². The zero-order chi connectivity index (χ0) is 16.1. The molecule has 114 valence electrons. The molecule has 3 heterocycles. The molecular formula is C16H10N2O5. The van der Waals surface area contributed by atoms with E-state index in [0.717, 1.165) is 0 Å². The Hall–Kier alpha value is -3.35. The highest BCUT2D eigenvalue weighted by molar-refractivity contribution is 6.21. The predicted octanol–water partition coefficient (Wildman–Crippen LogP) is 2.44. The summed E-state index contributed by atoms with van der Waals surface area (Å²) in [7, 11) is 0. The number of amides is 2. The minimum atomic E-state index is -0.844. The van der Waals surface area contributed by atoms with Gasteiger partial charge in [0.2, 0.25) is 0 Å². The molecular weight excluding hydrogens is 300 g/mol. The molecule has 23 heavy (non-hydrogen) atoms. The number of nitrogens with zero attached hydrogens (tertiary/aromatic N) is 1. The van der Waals surface area contributed by atoms with Crippen molar-refractivity contribution in [3.05, 3.63) is 59.0 Å². The minimum absolute atomic E-state index is 0.0929. The lowest BCUT2D eigenvalue weighted by Gasteiger charge is -2.11. The van der Waals surface area contributed by atoms with Gasteiger partial charge in [-0.05, 0) is 19.1 Å². The third-order valence-corrected chi connectivity index (χ3v) is 3.58. The summed E-state index contributed by atoms with van der Waals surface area (Å²) in [5.41, 5.74) is 1.64. The van der Waals surface area contributed by atoms with Gasteiger partial charge in [0.1, 0.15) is 11.5 Å². The fourth-order valence-corrected chi connectivity index (χ4v) is 2.54. The average Bonchev–Trinajstić information content (AvgIpc) is 3.14. The molecule has 0 unspecified atom stereocenters. The Kier molecular flexibility index (Phi) is 2.65. The van der Waals surface area contributed by atoms with Crippen molar-refractivity contribution in [2.75, 3.05) is 0 Å². The fourth-order valence-electron chi connectivity index (χ4n) is 2.54. The van der Waals surface area contributed by atoms with Crippen molar-refractivity contribution < 1.29 is 23.6 Å². The molecule has 7 nitrogen and oxygen atoms in total. The second kappa shape index (κ2) is 4.57. The van der Waals surface area contributed by atoms with Gasteiger partial charge < -0.3 is 14.2 Å². The lowest BCUT2D eigenvalue weighted by Crippen LogP contribution is -2.32. The Morgan fingerprint density at radius 1 is 1.13 bits per heavy atom. The first-order valence-electron chi connectivity index (χ1n) is 6.84. The fraction of sp³-hybridized carbons (Fsp3) is 0.0625. The molecule has 1 aromatic carbocycles. The van der Waals surface area contributed by atoms with Crippen molar-refractivity contribution >= 4 is 28.9 Å². The molecule has 3 aromatic rings. The second-order valence-corrected chi connectivity index (χ2v) is 5.15. The zero-order valence-electron chi connectivity index (χ0n) is 12.0. The van der Waals surface area contributed by atoms with Crippen LogP contribution in [0.15, 0.2) is 40.8 Å². The Morgan fingerprint density at radius 2 is 1.78 bits per heavy atom. The van der Waals surface area contributed by atoms with Crippen LogP contribution in [-0.2, 0) is 4.84 Å². The molecule has 7 heteroatoms. The molecule has 0 saturated heterocycles. The van der Waals surface area contributed by atoms with Crippen molar-refractivity contribution in [1.82, 2.24) is 10.0 Å². The average molecular weight is 310 g/mol. The van der Waals surface area contributed by atoms with Crippen LogP contribution in [-0.4, -0.2) is 27.8 Å². The van der Waals surface area contributed by atoms with E-state index >= 15 is 0 Å². The van der Waals surface area contributed by atoms with Crippen molar-refractivity contribution in [3.8, 4) is 0 Å². The highest BCUT2D eigenvalue weighted by Crippen LogP contribution is 2.24. The third-order valence-electron chi connectivity index (χ3n) is 3.58. The normalized spacial score (nSPS) is 13.7. The zero-order valence-corrected chi connectivity index (χ0v) is 12.0. The largest absolute Gasteiger partial charge is 0.460 e. The first-order chi connectivity index (χ1) is 11.0. The van der Waals surface area contributed by atoms with Crippen LogP contribution < -0.4 is 0 Å². The number of benzene rings is 1. The molecule has 1 N–H and O–H groups in total. The number of H-pyrrole nitrogens is 1. The number of nitrogens with one attached hydrogen (secondary N) is 1. The number of imide groups is 1. The van der Waals surface area contributed by atoms with Crippen LogP contribution in [0.25, 0.3) is 11.1 Å². The number of aromatic amines is 1. The van der Waals surface area contributed by atoms with E-state index in [1.165, 1.54) is 18.2 Å². The number of fused-ring (bicyclic) bond motifs is 2. The minimum Gasteiger partial charge on any atom is -0.460 e. The van der Waals surface area contributed by atoms with Gasteiger partial charge in [-0.25, -0.2) is 4.79 Å². The van der Waals surface area contributed by atoms with Crippen LogP contribution in [0.4, 0.5) is 0 Å². The van der Waals surface area contributed by atoms with Gasteiger partial charge in [0.15, 0.2) is 5.58 Å². The van der Waals surface area contributed by atoms with E-state index in [9.17, 15) is 14.4 Å². The standard InChI is InChI=1S/C16H10N2O5/c1-8-6-11-13(22-8)7-12(17-11)16(21)23-18-14(19)9-4-2-3-5-10(9)15(18)20/h2-7,17H,1H3. The maximum atomic E-state index is 12.2. The number of hydrogen-bond donors (Lipinski definition) is 1. The smallest absolute Gasteiger partial charge is 0.380 e. The summed E-state index contributed by atoms with van der Waals surface area (Å²) in [6.45, 7) is 1.78. The molecule has 2 aromatic heterocycles. The molecule has 1 aliphatic heterocycles. The Balaban J connectivity index is 1.60. The summed E-state index contributed by atoms with van der Waals surface area (Å²) in [5, 5.41) is 0.473. The molecule has 0 radical (unpaired) electrons. The van der Waals surface area contributed by atoms with Gasteiger partial charge in [0, 0.05) is 12.1 Å². The highest BCUT2D eigenvalue weighted by Gasteiger charge is 2.39. The van der Waals surface area contributed by atoms with Crippen LogP contribution in [0.1, 0.15) is 37.0 Å². The molecule has 0 aliphatic carbocycles. The van der Waals surface area contributed by atoms with E-state index in [4.69, 9.17) is 9.25 Å². The molecule has 0 atom stereocenters. The number of aryl methyl sites for hydroxylation is 1. The summed E-state index contributed by atoms with van der Waals surface area (Å²) >= 11 is 0. The summed E-state index contributed by atoms with van der Waals surface area (Å²) in [4.78, 5) is 44.2. The monoisotopic (exact) mass is 310 g/mol. The van der Waals surface area contributed by atoms with E-state index in [1.807, 2.05) is 0 Å². The molecule has 0 saturated carbocycles. The van der Waals surface area contributed by atoms with Crippen molar-refractivity contribution in [2.45, 2.75) is 6.92 Å². The van der Waals surface area contributed by atoms with Gasteiger partial charge in [-0.2, -0.15) is 0 Å². The van der Waals surface area contributed by atoms with Crippen LogP contribution in [0.2, 0.25) is 0 Å². The Morgan fingerprint density at radius 3 is 2.39 bits per heavy atom. The van der Waals surface area contributed by atoms with Crippen LogP contribution in [0, 0.1) is 6.92 Å². The van der Waals surface area contributed by atoms with Gasteiger partial charge in [0.25, 0.3) is 11.8 Å². The van der Waals surface area contributed by atoms with Gasteiger partial charge >= 0.3 is 5.97 Å². The number of furan rings is 1. The Labute approximate surface area is 129 Å². The van der Waals surface area contributed by atoms with E-state index in [2.05, 4.69) is 4.98 Å². The lowest BCUT2D eigenvalue weighted by atomic mass is 10.1. The van der Waals surface area contributed by atoms with Crippen molar-refractivity contribution in [2.24, 2.45) is 0 Å². The second-order valence-electron chi connectivity index (χ2n) is 5.15. The molecule has 4 rings (SSSR count). The number of hydroxylamine groups is 2. The third kappa shape index (κ3) is 1.94. The van der Waals surface area contributed by atoms with E-state index in [1.54, 1.807) is 25.1 Å².